The van der Waals surface area contributed by atoms with E-state index in [1.54, 1.807) is 35.4 Å². The minimum absolute atomic E-state index is 0.0316. The zero-order chi connectivity index (χ0) is 24.5. The van der Waals surface area contributed by atoms with Gasteiger partial charge >= 0.3 is 0 Å². The molecule has 1 saturated carbocycles. The fourth-order valence-corrected chi connectivity index (χ4v) is 5.19. The molecule has 9 heteroatoms. The van der Waals surface area contributed by atoms with Crippen LogP contribution in [0.25, 0.3) is 10.9 Å². The van der Waals surface area contributed by atoms with Crippen LogP contribution in [0.15, 0.2) is 42.6 Å². The number of hydrogen-bond acceptors (Lipinski definition) is 3. The predicted molar refractivity (Wildman–Crippen MR) is 132 cm³/mol. The van der Waals surface area contributed by atoms with Crippen LogP contribution in [0.2, 0.25) is 5.02 Å². The molecule has 0 bridgehead atoms. The van der Waals surface area contributed by atoms with Gasteiger partial charge in [0.25, 0.3) is 11.8 Å². The third-order valence-corrected chi connectivity index (χ3v) is 7.19. The fourth-order valence-electron chi connectivity index (χ4n) is 4.97. The third-order valence-electron chi connectivity index (χ3n) is 6.87. The Balaban J connectivity index is 1.24. The molecule has 1 saturated heterocycles. The first-order chi connectivity index (χ1) is 16.9. The van der Waals surface area contributed by atoms with Crippen LogP contribution >= 0.6 is 11.6 Å². The minimum atomic E-state index is -0.671. The van der Waals surface area contributed by atoms with Crippen LogP contribution in [0.5, 0.6) is 0 Å². The van der Waals surface area contributed by atoms with Gasteiger partial charge in [-0.3, -0.25) is 14.4 Å². The molecule has 35 heavy (non-hydrogen) atoms. The maximum absolute atomic E-state index is 14.8. The molecule has 2 heterocycles. The number of aromatic nitrogens is 1. The second kappa shape index (κ2) is 9.70. The number of fused-ring (bicyclic) bond motifs is 1. The lowest BCUT2D eigenvalue weighted by Gasteiger charge is -2.27. The lowest BCUT2D eigenvalue weighted by atomic mass is 10.1. The monoisotopic (exact) mass is 496 g/mol. The maximum Gasteiger partial charge on any atom is 0.254 e. The van der Waals surface area contributed by atoms with Crippen molar-refractivity contribution in [3.8, 4) is 0 Å². The number of H-pyrrole nitrogens is 1. The molecule has 1 aromatic heterocycles. The fraction of sp³-hybridized carbons (Fsp3) is 0.346. The summed E-state index contributed by atoms with van der Waals surface area (Å²) >= 11 is 6.11. The lowest BCUT2D eigenvalue weighted by Crippen LogP contribution is -2.48. The van der Waals surface area contributed by atoms with Gasteiger partial charge in [-0.2, -0.15) is 0 Å². The summed E-state index contributed by atoms with van der Waals surface area (Å²) in [6.07, 6.45) is 6.07. The first kappa shape index (κ1) is 23.4. The average Bonchev–Trinajstić information content (AvgIpc) is 3.44. The Morgan fingerprint density at radius 2 is 1.77 bits per heavy atom. The van der Waals surface area contributed by atoms with Gasteiger partial charge in [-0.05, 0) is 62.4 Å². The van der Waals surface area contributed by atoms with E-state index >= 15 is 0 Å². The van der Waals surface area contributed by atoms with Crippen molar-refractivity contribution in [1.29, 1.82) is 0 Å². The topological polar surface area (TPSA) is 94.3 Å². The molecule has 3 N–H and O–H groups in total. The van der Waals surface area contributed by atoms with Gasteiger partial charge in [0.1, 0.15) is 5.82 Å². The van der Waals surface area contributed by atoms with Crippen LogP contribution in [-0.4, -0.2) is 41.3 Å². The van der Waals surface area contributed by atoms with Crippen LogP contribution < -0.4 is 15.5 Å². The molecule has 182 valence electrons. The summed E-state index contributed by atoms with van der Waals surface area (Å²) in [4.78, 5) is 42.5. The van der Waals surface area contributed by atoms with E-state index in [0.29, 0.717) is 42.1 Å². The van der Waals surface area contributed by atoms with Gasteiger partial charge in [-0.1, -0.05) is 17.7 Å². The standard InChI is InChI=1S/C26H26ClFN4O3/c27-19-14-29-23-12-15(7-9-17(19)23)25(34)30-21-4-3-5-22(21)31-26(35)18-10-8-16(13-20(18)28)32-11-2-1-6-24(32)33/h7-10,12-14,21-22,29H,1-6,11H2,(H,30,34)(H,31,35)/t21-,22+/m1/s1. The van der Waals surface area contributed by atoms with Crippen LogP contribution in [0.4, 0.5) is 10.1 Å². The zero-order valence-corrected chi connectivity index (χ0v) is 19.8. The number of nitrogens with one attached hydrogen (secondary N) is 3. The molecule has 2 fully saturated rings. The van der Waals surface area contributed by atoms with E-state index in [0.717, 1.165) is 30.2 Å². The highest BCUT2D eigenvalue weighted by Gasteiger charge is 2.31. The van der Waals surface area contributed by atoms with E-state index in [2.05, 4.69) is 15.6 Å². The number of amides is 3. The van der Waals surface area contributed by atoms with Gasteiger partial charge in [0.2, 0.25) is 5.91 Å². The van der Waals surface area contributed by atoms with E-state index in [4.69, 9.17) is 11.6 Å². The number of benzene rings is 2. The van der Waals surface area contributed by atoms with Crippen molar-refractivity contribution in [3.63, 3.8) is 0 Å². The van der Waals surface area contributed by atoms with Gasteiger partial charge in [-0.25, -0.2) is 4.39 Å². The minimum Gasteiger partial charge on any atom is -0.360 e. The molecular weight excluding hydrogens is 471 g/mol. The highest BCUT2D eigenvalue weighted by molar-refractivity contribution is 6.35. The van der Waals surface area contributed by atoms with Crippen molar-refractivity contribution in [2.45, 2.75) is 50.6 Å². The van der Waals surface area contributed by atoms with E-state index < -0.39 is 11.7 Å². The summed E-state index contributed by atoms with van der Waals surface area (Å²) in [7, 11) is 0. The first-order valence-corrected chi connectivity index (χ1v) is 12.3. The van der Waals surface area contributed by atoms with Crippen molar-refractivity contribution in [1.82, 2.24) is 15.6 Å². The number of rotatable bonds is 5. The molecule has 3 amide bonds. The molecule has 2 aliphatic rings. The molecule has 0 spiro atoms. The number of anilines is 1. The largest absolute Gasteiger partial charge is 0.360 e. The summed E-state index contributed by atoms with van der Waals surface area (Å²) in [5.41, 5.74) is 1.64. The highest BCUT2D eigenvalue weighted by Crippen LogP contribution is 2.26. The van der Waals surface area contributed by atoms with Crippen LogP contribution in [0.3, 0.4) is 0 Å². The number of piperidine rings is 1. The van der Waals surface area contributed by atoms with E-state index in [1.165, 1.54) is 12.1 Å². The molecule has 7 nitrogen and oxygen atoms in total. The second-order valence-electron chi connectivity index (χ2n) is 9.15. The third kappa shape index (κ3) is 4.75. The Morgan fingerprint density at radius 1 is 1.00 bits per heavy atom. The van der Waals surface area contributed by atoms with Crippen molar-refractivity contribution < 1.29 is 18.8 Å². The number of aromatic amines is 1. The van der Waals surface area contributed by atoms with Gasteiger partial charge in [0.05, 0.1) is 10.6 Å². The zero-order valence-electron chi connectivity index (χ0n) is 19.1. The van der Waals surface area contributed by atoms with Gasteiger partial charge in [-0.15, -0.1) is 0 Å². The predicted octanol–water partition coefficient (Wildman–Crippen LogP) is 4.56. The van der Waals surface area contributed by atoms with Gasteiger partial charge in [0.15, 0.2) is 0 Å². The number of halogens is 2. The Kier molecular flexibility index (Phi) is 6.47. The summed E-state index contributed by atoms with van der Waals surface area (Å²) in [6, 6.07) is 8.95. The molecule has 1 aliphatic carbocycles. The van der Waals surface area contributed by atoms with Crippen molar-refractivity contribution in [3.05, 3.63) is 64.6 Å². The quantitative estimate of drug-likeness (QED) is 0.483. The SMILES string of the molecule is O=C(N[C@@H]1CCC[C@@H]1NC(=O)c1ccc(N2CCCCC2=O)cc1F)c1ccc2c(Cl)c[nH]c2c1. The highest BCUT2D eigenvalue weighted by atomic mass is 35.5. The average molecular weight is 497 g/mol. The number of carbonyl (C=O) groups is 3. The maximum atomic E-state index is 14.8. The molecule has 0 radical (unpaired) electrons. The van der Waals surface area contributed by atoms with E-state index in [1.807, 2.05) is 0 Å². The second-order valence-corrected chi connectivity index (χ2v) is 9.56. The normalized spacial score (nSPS) is 20.3. The summed E-state index contributed by atoms with van der Waals surface area (Å²) in [5.74, 6) is -1.48. The molecule has 3 aromatic rings. The first-order valence-electron chi connectivity index (χ1n) is 11.9. The summed E-state index contributed by atoms with van der Waals surface area (Å²) in [6.45, 7) is 0.553. The van der Waals surface area contributed by atoms with Crippen molar-refractivity contribution in [2.24, 2.45) is 0 Å². The number of hydrogen-bond donors (Lipinski definition) is 3. The summed E-state index contributed by atoms with van der Waals surface area (Å²) < 4.78 is 14.8. The molecular formula is C26H26ClFN4O3. The number of carbonyl (C=O) groups excluding carboxylic acids is 3. The van der Waals surface area contributed by atoms with E-state index in [9.17, 15) is 18.8 Å². The Labute approximate surface area is 207 Å². The molecule has 1 aliphatic heterocycles. The molecule has 0 unspecified atom stereocenters. The Bertz CT molecular complexity index is 1310. The lowest BCUT2D eigenvalue weighted by molar-refractivity contribution is -0.119. The van der Waals surface area contributed by atoms with Crippen molar-refractivity contribution in [2.75, 3.05) is 11.4 Å². The van der Waals surface area contributed by atoms with Gasteiger partial charge < -0.3 is 20.5 Å². The smallest absolute Gasteiger partial charge is 0.254 e. The Morgan fingerprint density at radius 3 is 2.51 bits per heavy atom. The van der Waals surface area contributed by atoms with Gasteiger partial charge in [0, 0.05) is 53.4 Å². The van der Waals surface area contributed by atoms with Crippen molar-refractivity contribution >= 4 is 45.9 Å². The van der Waals surface area contributed by atoms with Crippen LogP contribution in [-0.2, 0) is 4.79 Å². The Hall–Kier alpha value is -3.39. The van der Waals surface area contributed by atoms with E-state index in [-0.39, 0.29) is 29.5 Å². The van der Waals surface area contributed by atoms with Crippen LogP contribution in [0, 0.1) is 5.82 Å². The molecule has 5 rings (SSSR count). The molecule has 2 atom stereocenters. The molecule has 2 aromatic carbocycles. The van der Waals surface area contributed by atoms with Crippen LogP contribution in [0.1, 0.15) is 59.2 Å². The number of nitrogens with zero attached hydrogens (tertiary/aromatic N) is 1. The summed E-state index contributed by atoms with van der Waals surface area (Å²) in [5, 5.41) is 7.32.